The number of rotatable bonds is 2. The number of fused-ring (bicyclic) bond motifs is 1. The Hall–Kier alpha value is -3.36. The van der Waals surface area contributed by atoms with E-state index in [1.807, 2.05) is 0 Å². The van der Waals surface area contributed by atoms with Crippen molar-refractivity contribution in [1.82, 2.24) is 9.55 Å². The summed E-state index contributed by atoms with van der Waals surface area (Å²) in [6.07, 6.45) is -1.81. The number of hydrogen-bond donors (Lipinski definition) is 1. The van der Waals surface area contributed by atoms with E-state index in [9.17, 15) is 22.8 Å². The highest BCUT2D eigenvalue weighted by molar-refractivity contribution is 6.04. The number of nitrogens with zero attached hydrogens (tertiary/aromatic N) is 2. The van der Waals surface area contributed by atoms with Crippen molar-refractivity contribution in [2.45, 2.75) is 13.1 Å². The van der Waals surface area contributed by atoms with Crippen molar-refractivity contribution in [3.05, 3.63) is 63.7 Å². The van der Waals surface area contributed by atoms with Crippen molar-refractivity contribution in [2.24, 2.45) is 0 Å². The zero-order valence-corrected chi connectivity index (χ0v) is 14.3. The van der Waals surface area contributed by atoms with Crippen LogP contribution in [0.4, 0.5) is 18.9 Å². The fourth-order valence-corrected chi connectivity index (χ4v) is 2.82. The molecule has 0 unspecified atom stereocenters. The quantitative estimate of drug-likeness (QED) is 0.694. The number of halogens is 3. The Bertz CT molecular complexity index is 1120. The highest BCUT2D eigenvalue weighted by Gasteiger charge is 2.32. The summed E-state index contributed by atoms with van der Waals surface area (Å²) in [6, 6.07) is 4.38. The molecule has 2 N–H and O–H groups in total. The van der Waals surface area contributed by atoms with Gasteiger partial charge < -0.3 is 10.5 Å². The van der Waals surface area contributed by atoms with Crippen molar-refractivity contribution < 1.29 is 22.7 Å². The largest absolute Gasteiger partial charge is 0.465 e. The van der Waals surface area contributed by atoms with E-state index < -0.39 is 28.8 Å². The van der Waals surface area contributed by atoms with Crippen LogP contribution in [-0.4, -0.2) is 22.6 Å². The molecule has 140 valence electrons. The van der Waals surface area contributed by atoms with E-state index in [4.69, 9.17) is 5.73 Å². The van der Waals surface area contributed by atoms with Gasteiger partial charge in [0.05, 0.1) is 35.8 Å². The number of aromatic nitrogens is 2. The number of esters is 1. The third-order valence-electron chi connectivity index (χ3n) is 4.18. The summed E-state index contributed by atoms with van der Waals surface area (Å²) < 4.78 is 45.2. The molecule has 0 saturated heterocycles. The second-order valence-corrected chi connectivity index (χ2v) is 5.81. The molecule has 0 aliphatic carbocycles. The highest BCUT2D eigenvalue weighted by Crippen LogP contribution is 2.34. The van der Waals surface area contributed by atoms with Crippen LogP contribution in [0.25, 0.3) is 16.6 Å². The number of nitrogens with two attached hydrogens (primary N) is 1. The first-order chi connectivity index (χ1) is 12.7. The van der Waals surface area contributed by atoms with Crippen LogP contribution in [0.1, 0.15) is 21.5 Å². The van der Waals surface area contributed by atoms with E-state index >= 15 is 0 Å². The zero-order chi connectivity index (χ0) is 19.9. The minimum atomic E-state index is -4.62. The molecule has 3 aromatic rings. The SMILES string of the molecule is COC(=O)c1c(N)c2ccc(C(F)(F)F)cc2n(-c2cnccc2C)c1=O. The number of benzene rings is 1. The van der Waals surface area contributed by atoms with Crippen LogP contribution < -0.4 is 11.3 Å². The van der Waals surface area contributed by atoms with Crippen LogP contribution in [0.2, 0.25) is 0 Å². The van der Waals surface area contributed by atoms with Crippen molar-refractivity contribution in [3.63, 3.8) is 0 Å². The van der Waals surface area contributed by atoms with Crippen molar-refractivity contribution in [3.8, 4) is 5.69 Å². The molecule has 27 heavy (non-hydrogen) atoms. The third-order valence-corrected chi connectivity index (χ3v) is 4.18. The molecule has 0 spiro atoms. The number of hydrogen-bond acceptors (Lipinski definition) is 5. The number of anilines is 1. The monoisotopic (exact) mass is 377 g/mol. The third kappa shape index (κ3) is 3.01. The molecular formula is C18H14F3N3O3. The molecule has 0 atom stereocenters. The lowest BCUT2D eigenvalue weighted by Crippen LogP contribution is -2.29. The smallest absolute Gasteiger partial charge is 0.416 e. The number of pyridine rings is 2. The molecule has 0 saturated carbocycles. The highest BCUT2D eigenvalue weighted by atomic mass is 19.4. The average molecular weight is 377 g/mol. The number of aryl methyl sites for hydroxylation is 1. The summed E-state index contributed by atoms with van der Waals surface area (Å²) in [5.41, 5.74) is 4.12. The number of ether oxygens (including phenoxy) is 1. The number of carbonyl (C=O) groups is 1. The van der Waals surface area contributed by atoms with Gasteiger partial charge in [0.15, 0.2) is 0 Å². The topological polar surface area (TPSA) is 87.2 Å². The summed E-state index contributed by atoms with van der Waals surface area (Å²) in [5.74, 6) is -0.977. The van der Waals surface area contributed by atoms with Gasteiger partial charge in [0.1, 0.15) is 5.56 Å². The van der Waals surface area contributed by atoms with Crippen molar-refractivity contribution in [1.29, 1.82) is 0 Å². The van der Waals surface area contributed by atoms with Crippen LogP contribution in [0.15, 0.2) is 41.5 Å². The Morgan fingerprint density at radius 2 is 1.96 bits per heavy atom. The molecule has 3 rings (SSSR count). The Kier molecular flexibility index (Phi) is 4.38. The molecule has 0 aliphatic rings. The van der Waals surface area contributed by atoms with Gasteiger partial charge in [0.2, 0.25) is 0 Å². The van der Waals surface area contributed by atoms with E-state index in [1.54, 1.807) is 13.0 Å². The van der Waals surface area contributed by atoms with E-state index in [1.165, 1.54) is 12.4 Å². The van der Waals surface area contributed by atoms with Gasteiger partial charge in [0.25, 0.3) is 5.56 Å². The molecule has 0 amide bonds. The number of alkyl halides is 3. The summed E-state index contributed by atoms with van der Waals surface area (Å²) >= 11 is 0. The van der Waals surface area contributed by atoms with E-state index in [0.717, 1.165) is 29.9 Å². The molecule has 2 aromatic heterocycles. The minimum Gasteiger partial charge on any atom is -0.465 e. The Morgan fingerprint density at radius 1 is 1.26 bits per heavy atom. The van der Waals surface area contributed by atoms with Gasteiger partial charge in [-0.15, -0.1) is 0 Å². The predicted octanol–water partition coefficient (Wildman–Crippen LogP) is 3.08. The van der Waals surface area contributed by atoms with Crippen LogP contribution in [-0.2, 0) is 10.9 Å². The van der Waals surface area contributed by atoms with Crippen LogP contribution >= 0.6 is 0 Å². The molecule has 0 bridgehead atoms. The zero-order valence-electron chi connectivity index (χ0n) is 14.3. The lowest BCUT2D eigenvalue weighted by Gasteiger charge is -2.17. The first kappa shape index (κ1) is 18.4. The lowest BCUT2D eigenvalue weighted by molar-refractivity contribution is -0.137. The van der Waals surface area contributed by atoms with Gasteiger partial charge in [-0.1, -0.05) is 6.07 Å². The lowest BCUT2D eigenvalue weighted by atomic mass is 10.0. The maximum atomic E-state index is 13.2. The van der Waals surface area contributed by atoms with E-state index in [-0.39, 0.29) is 22.3 Å². The van der Waals surface area contributed by atoms with E-state index in [0.29, 0.717) is 5.56 Å². The summed E-state index contributed by atoms with van der Waals surface area (Å²) in [5, 5.41) is 0.117. The summed E-state index contributed by atoms with van der Waals surface area (Å²) in [6.45, 7) is 1.66. The summed E-state index contributed by atoms with van der Waals surface area (Å²) in [4.78, 5) is 29.0. The van der Waals surface area contributed by atoms with E-state index in [2.05, 4.69) is 9.72 Å². The molecular weight excluding hydrogens is 363 g/mol. The Labute approximate surface area is 151 Å². The molecule has 0 aliphatic heterocycles. The van der Waals surface area contributed by atoms with Gasteiger partial charge in [-0.05, 0) is 30.7 Å². The molecule has 2 heterocycles. The number of carbonyl (C=O) groups excluding carboxylic acids is 1. The average Bonchev–Trinajstić information content (AvgIpc) is 2.62. The maximum Gasteiger partial charge on any atom is 0.416 e. The first-order valence-corrected chi connectivity index (χ1v) is 7.71. The Morgan fingerprint density at radius 3 is 2.56 bits per heavy atom. The maximum absolute atomic E-state index is 13.2. The van der Waals surface area contributed by atoms with Gasteiger partial charge in [0, 0.05) is 11.6 Å². The molecule has 6 nitrogen and oxygen atoms in total. The first-order valence-electron chi connectivity index (χ1n) is 7.71. The van der Waals surface area contributed by atoms with Gasteiger partial charge in [-0.25, -0.2) is 4.79 Å². The fourth-order valence-electron chi connectivity index (χ4n) is 2.82. The minimum absolute atomic E-state index is 0.0870. The van der Waals surface area contributed by atoms with Crippen molar-refractivity contribution >= 4 is 22.6 Å². The van der Waals surface area contributed by atoms with Crippen molar-refractivity contribution in [2.75, 3.05) is 12.8 Å². The van der Waals surface area contributed by atoms with Gasteiger partial charge >= 0.3 is 12.1 Å². The number of methoxy groups -OCH3 is 1. The standard InChI is InChI=1S/C18H14F3N3O3/c1-9-5-6-23-8-13(9)24-12-7-10(18(19,20)21)3-4-11(12)15(22)14(16(24)25)17(26)27-2/h3-8H,22H2,1-2H3. The van der Waals surface area contributed by atoms with Crippen LogP contribution in [0.5, 0.6) is 0 Å². The summed E-state index contributed by atoms with van der Waals surface area (Å²) in [7, 11) is 1.08. The second-order valence-electron chi connectivity index (χ2n) is 5.81. The fraction of sp³-hybridized carbons (Fsp3) is 0.167. The molecule has 9 heteroatoms. The molecule has 1 aromatic carbocycles. The predicted molar refractivity (Wildman–Crippen MR) is 92.8 cm³/mol. The molecule has 0 radical (unpaired) electrons. The number of nitrogen functional groups attached to an aromatic ring is 1. The Balaban J connectivity index is 2.55. The van der Waals surface area contributed by atoms with Crippen LogP contribution in [0.3, 0.4) is 0 Å². The normalized spacial score (nSPS) is 11.6. The molecule has 0 fully saturated rings. The van der Waals surface area contributed by atoms with Gasteiger partial charge in [-0.2, -0.15) is 13.2 Å². The second kappa shape index (κ2) is 6.42. The van der Waals surface area contributed by atoms with Gasteiger partial charge in [-0.3, -0.25) is 14.3 Å². The van der Waals surface area contributed by atoms with Crippen LogP contribution in [0, 0.1) is 6.92 Å².